The lowest BCUT2D eigenvalue weighted by molar-refractivity contribution is 0.193. The van der Waals surface area contributed by atoms with Crippen LogP contribution >= 0.6 is 0 Å². The standard InChI is InChI=1S/C14H23NO/c1-12-7-4-5-8-14(12)11-13(2)15-9-6-10-16-3/h4-5,7-8,13,15H,6,9-11H2,1-3H3. The third-order valence-electron chi connectivity index (χ3n) is 2.81. The molecule has 2 nitrogen and oxygen atoms in total. The summed E-state index contributed by atoms with van der Waals surface area (Å²) >= 11 is 0. The quantitative estimate of drug-likeness (QED) is 0.714. The molecule has 1 N–H and O–H groups in total. The van der Waals surface area contributed by atoms with Gasteiger partial charge < -0.3 is 10.1 Å². The van der Waals surface area contributed by atoms with Crippen molar-refractivity contribution in [3.05, 3.63) is 35.4 Å². The van der Waals surface area contributed by atoms with Crippen molar-refractivity contribution in [2.75, 3.05) is 20.3 Å². The molecule has 0 saturated carbocycles. The second-order valence-electron chi connectivity index (χ2n) is 4.33. The zero-order chi connectivity index (χ0) is 11.8. The van der Waals surface area contributed by atoms with Crippen molar-refractivity contribution in [1.82, 2.24) is 5.32 Å². The van der Waals surface area contributed by atoms with Crippen LogP contribution < -0.4 is 5.32 Å². The third kappa shape index (κ3) is 4.77. The molecule has 1 rings (SSSR count). The lowest BCUT2D eigenvalue weighted by Crippen LogP contribution is -2.29. The molecule has 0 spiro atoms. The zero-order valence-corrected chi connectivity index (χ0v) is 10.6. The molecule has 0 amide bonds. The second kappa shape index (κ2) is 7.42. The smallest absolute Gasteiger partial charge is 0.0474 e. The normalized spacial score (nSPS) is 12.7. The molecule has 0 aromatic heterocycles. The van der Waals surface area contributed by atoms with E-state index in [1.807, 2.05) is 0 Å². The SMILES string of the molecule is COCCCNC(C)Cc1ccccc1C. The first kappa shape index (κ1) is 13.2. The highest BCUT2D eigenvalue weighted by Gasteiger charge is 2.04. The predicted molar refractivity (Wildman–Crippen MR) is 68.8 cm³/mol. The molecular weight excluding hydrogens is 198 g/mol. The number of aryl methyl sites for hydroxylation is 1. The Kier molecular flexibility index (Phi) is 6.12. The predicted octanol–water partition coefficient (Wildman–Crippen LogP) is 2.55. The van der Waals surface area contributed by atoms with Gasteiger partial charge in [-0.05, 0) is 44.4 Å². The van der Waals surface area contributed by atoms with E-state index >= 15 is 0 Å². The van der Waals surface area contributed by atoms with Crippen LogP contribution in [0.4, 0.5) is 0 Å². The number of methoxy groups -OCH3 is 1. The van der Waals surface area contributed by atoms with Crippen LogP contribution in [0.3, 0.4) is 0 Å². The molecule has 1 atom stereocenters. The molecule has 0 aliphatic heterocycles. The minimum absolute atomic E-state index is 0.526. The van der Waals surface area contributed by atoms with Gasteiger partial charge >= 0.3 is 0 Å². The average molecular weight is 221 g/mol. The van der Waals surface area contributed by atoms with Gasteiger partial charge in [0.25, 0.3) is 0 Å². The first-order chi connectivity index (χ1) is 7.74. The molecule has 1 unspecified atom stereocenters. The minimum Gasteiger partial charge on any atom is -0.385 e. The highest BCUT2D eigenvalue weighted by Crippen LogP contribution is 2.09. The van der Waals surface area contributed by atoms with E-state index in [4.69, 9.17) is 4.74 Å². The van der Waals surface area contributed by atoms with E-state index in [0.717, 1.165) is 26.0 Å². The van der Waals surface area contributed by atoms with Gasteiger partial charge in [-0.2, -0.15) is 0 Å². The van der Waals surface area contributed by atoms with Crippen LogP contribution in [0.2, 0.25) is 0 Å². The van der Waals surface area contributed by atoms with Crippen LogP contribution in [0.1, 0.15) is 24.5 Å². The van der Waals surface area contributed by atoms with Crippen molar-refractivity contribution in [3.63, 3.8) is 0 Å². The van der Waals surface area contributed by atoms with Crippen molar-refractivity contribution >= 4 is 0 Å². The second-order valence-corrected chi connectivity index (χ2v) is 4.33. The summed E-state index contributed by atoms with van der Waals surface area (Å²) in [4.78, 5) is 0. The Hall–Kier alpha value is -0.860. The zero-order valence-electron chi connectivity index (χ0n) is 10.6. The Bertz CT molecular complexity index is 299. The van der Waals surface area contributed by atoms with Crippen LogP contribution in [-0.4, -0.2) is 26.3 Å². The number of benzene rings is 1. The van der Waals surface area contributed by atoms with Crippen molar-refractivity contribution in [2.45, 2.75) is 32.7 Å². The molecule has 0 aliphatic carbocycles. The molecular formula is C14H23NO. The summed E-state index contributed by atoms with van der Waals surface area (Å²) in [6.45, 7) is 6.27. The molecule has 0 saturated heterocycles. The largest absolute Gasteiger partial charge is 0.385 e. The van der Waals surface area contributed by atoms with Gasteiger partial charge in [0.05, 0.1) is 0 Å². The Balaban J connectivity index is 2.28. The summed E-state index contributed by atoms with van der Waals surface area (Å²) in [5.41, 5.74) is 2.82. The molecule has 90 valence electrons. The van der Waals surface area contributed by atoms with Gasteiger partial charge in [0.2, 0.25) is 0 Å². The van der Waals surface area contributed by atoms with Gasteiger partial charge in [-0.1, -0.05) is 24.3 Å². The van der Waals surface area contributed by atoms with E-state index in [0.29, 0.717) is 6.04 Å². The molecule has 0 heterocycles. The fourth-order valence-electron chi connectivity index (χ4n) is 1.81. The van der Waals surface area contributed by atoms with Gasteiger partial charge in [0.15, 0.2) is 0 Å². The summed E-state index contributed by atoms with van der Waals surface area (Å²) in [6.07, 6.45) is 2.17. The van der Waals surface area contributed by atoms with E-state index in [-0.39, 0.29) is 0 Å². The Morgan fingerprint density at radius 1 is 1.31 bits per heavy atom. The van der Waals surface area contributed by atoms with Crippen molar-refractivity contribution in [2.24, 2.45) is 0 Å². The van der Waals surface area contributed by atoms with Gasteiger partial charge in [-0.3, -0.25) is 0 Å². The van der Waals surface area contributed by atoms with Crippen LogP contribution in [0.5, 0.6) is 0 Å². The summed E-state index contributed by atoms with van der Waals surface area (Å²) in [5, 5.41) is 3.51. The first-order valence-corrected chi connectivity index (χ1v) is 6.01. The number of hydrogen-bond donors (Lipinski definition) is 1. The third-order valence-corrected chi connectivity index (χ3v) is 2.81. The fraction of sp³-hybridized carbons (Fsp3) is 0.571. The van der Waals surface area contributed by atoms with Crippen molar-refractivity contribution < 1.29 is 4.74 Å². The first-order valence-electron chi connectivity index (χ1n) is 6.01. The van der Waals surface area contributed by atoms with Gasteiger partial charge in [-0.15, -0.1) is 0 Å². The number of hydrogen-bond acceptors (Lipinski definition) is 2. The highest BCUT2D eigenvalue weighted by atomic mass is 16.5. The summed E-state index contributed by atoms with van der Waals surface area (Å²) in [5.74, 6) is 0. The minimum atomic E-state index is 0.526. The van der Waals surface area contributed by atoms with Gasteiger partial charge in [-0.25, -0.2) is 0 Å². The van der Waals surface area contributed by atoms with E-state index < -0.39 is 0 Å². The topological polar surface area (TPSA) is 21.3 Å². The Morgan fingerprint density at radius 3 is 2.75 bits per heavy atom. The molecule has 2 heteroatoms. The fourth-order valence-corrected chi connectivity index (χ4v) is 1.81. The monoisotopic (exact) mass is 221 g/mol. The highest BCUT2D eigenvalue weighted by molar-refractivity contribution is 5.26. The van der Waals surface area contributed by atoms with E-state index in [9.17, 15) is 0 Å². The number of ether oxygens (including phenoxy) is 1. The molecule has 0 fully saturated rings. The lowest BCUT2D eigenvalue weighted by Gasteiger charge is -2.15. The molecule has 16 heavy (non-hydrogen) atoms. The van der Waals surface area contributed by atoms with E-state index in [1.54, 1.807) is 7.11 Å². The molecule has 0 bridgehead atoms. The molecule has 0 radical (unpaired) electrons. The van der Waals surface area contributed by atoms with Crippen LogP contribution in [0, 0.1) is 6.92 Å². The summed E-state index contributed by atoms with van der Waals surface area (Å²) in [6, 6.07) is 9.11. The van der Waals surface area contributed by atoms with E-state index in [2.05, 4.69) is 43.4 Å². The average Bonchev–Trinajstić information content (AvgIpc) is 2.28. The van der Waals surface area contributed by atoms with Gasteiger partial charge in [0.1, 0.15) is 0 Å². The Labute approximate surface area is 99.0 Å². The molecule has 0 aliphatic rings. The maximum atomic E-state index is 5.02. The lowest BCUT2D eigenvalue weighted by atomic mass is 10.0. The summed E-state index contributed by atoms with van der Waals surface area (Å²) in [7, 11) is 1.75. The Morgan fingerprint density at radius 2 is 2.06 bits per heavy atom. The maximum absolute atomic E-state index is 5.02. The number of nitrogens with one attached hydrogen (secondary N) is 1. The maximum Gasteiger partial charge on any atom is 0.0474 e. The number of rotatable bonds is 7. The summed E-state index contributed by atoms with van der Waals surface area (Å²) < 4.78 is 5.02. The molecule has 1 aromatic rings. The van der Waals surface area contributed by atoms with Crippen LogP contribution in [0.15, 0.2) is 24.3 Å². The van der Waals surface area contributed by atoms with Crippen LogP contribution in [-0.2, 0) is 11.2 Å². The van der Waals surface area contributed by atoms with Crippen LogP contribution in [0.25, 0.3) is 0 Å². The van der Waals surface area contributed by atoms with E-state index in [1.165, 1.54) is 11.1 Å². The van der Waals surface area contributed by atoms with Crippen molar-refractivity contribution in [1.29, 1.82) is 0 Å². The molecule has 1 aromatic carbocycles. The van der Waals surface area contributed by atoms with Gasteiger partial charge in [0, 0.05) is 19.8 Å². The van der Waals surface area contributed by atoms with Crippen molar-refractivity contribution in [3.8, 4) is 0 Å².